The van der Waals surface area contributed by atoms with Crippen molar-refractivity contribution in [3.05, 3.63) is 41.0 Å². The summed E-state index contributed by atoms with van der Waals surface area (Å²) >= 11 is 1.60. The van der Waals surface area contributed by atoms with E-state index in [9.17, 15) is 14.7 Å². The van der Waals surface area contributed by atoms with Gasteiger partial charge in [-0.3, -0.25) is 14.5 Å². The Hall–Kier alpha value is -2.13. The van der Waals surface area contributed by atoms with Crippen molar-refractivity contribution in [2.45, 2.75) is 58.7 Å². The summed E-state index contributed by atoms with van der Waals surface area (Å²) in [5.74, 6) is -0.698. The molecule has 0 aliphatic carbocycles. The van der Waals surface area contributed by atoms with Crippen LogP contribution in [0.15, 0.2) is 29.8 Å². The van der Waals surface area contributed by atoms with Gasteiger partial charge in [-0.15, -0.1) is 11.3 Å². The highest BCUT2D eigenvalue weighted by molar-refractivity contribution is 7.13. The van der Waals surface area contributed by atoms with Gasteiger partial charge in [-0.25, -0.2) is 4.98 Å². The van der Waals surface area contributed by atoms with Crippen LogP contribution in [0.2, 0.25) is 0 Å². The summed E-state index contributed by atoms with van der Waals surface area (Å²) in [7, 11) is 0. The zero-order valence-electron chi connectivity index (χ0n) is 18.6. The highest BCUT2D eigenvalue weighted by Crippen LogP contribution is 2.27. The number of aliphatic hydroxyl groups is 1. The number of aliphatic hydroxyl groups excluding tert-OH is 1. The van der Waals surface area contributed by atoms with E-state index < -0.39 is 23.6 Å². The standard InChI is InChI=1S/C23H32N4O3S/c1-14-19(31-13-26-14)16-7-5-15(6-8-16)9-10-27(22(30)20(24)23(2,3)4)21(29)18-11-17(28)12-25-18/h5-8,13,17-18,20,25,28H,9-12,24H2,1-4H3/t17-,18+,20-/m1/s1. The van der Waals surface area contributed by atoms with Crippen molar-refractivity contribution < 1.29 is 14.7 Å². The summed E-state index contributed by atoms with van der Waals surface area (Å²) in [6, 6.07) is 6.76. The smallest absolute Gasteiger partial charge is 0.246 e. The number of hydrogen-bond donors (Lipinski definition) is 3. The van der Waals surface area contributed by atoms with Crippen LogP contribution in [0, 0.1) is 12.3 Å². The summed E-state index contributed by atoms with van der Waals surface area (Å²) in [5, 5.41) is 12.8. The number of carbonyl (C=O) groups is 2. The SMILES string of the molecule is Cc1ncsc1-c1ccc(CCN(C(=O)[C@@H]2C[C@@H](O)CN2)C(=O)[C@@H](N)C(C)(C)C)cc1. The summed E-state index contributed by atoms with van der Waals surface area (Å²) < 4.78 is 0. The highest BCUT2D eigenvalue weighted by Gasteiger charge is 2.38. The minimum atomic E-state index is -0.792. The maximum absolute atomic E-state index is 13.1. The van der Waals surface area contributed by atoms with Crippen LogP contribution in [0.25, 0.3) is 10.4 Å². The van der Waals surface area contributed by atoms with Crippen LogP contribution in [0.4, 0.5) is 0 Å². The Morgan fingerprint density at radius 1 is 1.32 bits per heavy atom. The lowest BCUT2D eigenvalue weighted by Gasteiger charge is -2.32. The third kappa shape index (κ3) is 5.57. The largest absolute Gasteiger partial charge is 0.392 e. The molecule has 3 rings (SSSR count). The molecule has 2 amide bonds. The molecule has 1 aromatic heterocycles. The predicted molar refractivity (Wildman–Crippen MR) is 123 cm³/mol. The second kappa shape index (κ2) is 9.56. The Labute approximate surface area is 187 Å². The van der Waals surface area contributed by atoms with E-state index in [0.29, 0.717) is 19.4 Å². The van der Waals surface area contributed by atoms with Crippen molar-refractivity contribution in [2.75, 3.05) is 13.1 Å². The number of amides is 2. The second-order valence-electron chi connectivity index (χ2n) is 9.24. The Bertz CT molecular complexity index is 920. The van der Waals surface area contributed by atoms with Crippen LogP contribution in [0.1, 0.15) is 38.4 Å². The first-order valence-electron chi connectivity index (χ1n) is 10.6. The Morgan fingerprint density at radius 3 is 2.52 bits per heavy atom. The fourth-order valence-corrected chi connectivity index (χ4v) is 4.41. The number of benzene rings is 1. The first-order valence-corrected chi connectivity index (χ1v) is 11.5. The van der Waals surface area contributed by atoms with E-state index in [1.54, 1.807) is 11.3 Å². The average molecular weight is 445 g/mol. The summed E-state index contributed by atoms with van der Waals surface area (Å²) in [6.45, 7) is 8.24. The van der Waals surface area contributed by atoms with E-state index in [1.165, 1.54) is 4.90 Å². The first-order chi connectivity index (χ1) is 14.6. The molecule has 0 radical (unpaired) electrons. The molecule has 168 valence electrons. The fraction of sp³-hybridized carbons (Fsp3) is 0.522. The Morgan fingerprint density at radius 2 is 2.00 bits per heavy atom. The number of aromatic nitrogens is 1. The molecule has 1 aliphatic rings. The number of carbonyl (C=O) groups excluding carboxylic acids is 2. The molecule has 7 nitrogen and oxygen atoms in total. The number of β-amino-alcohol motifs (C(OH)–C–C–N with tert-alkyl or cyclic N) is 1. The van der Waals surface area contributed by atoms with Crippen LogP contribution in [0.3, 0.4) is 0 Å². The molecule has 2 heterocycles. The van der Waals surface area contributed by atoms with Crippen molar-refractivity contribution in [3.8, 4) is 10.4 Å². The highest BCUT2D eigenvalue weighted by atomic mass is 32.1. The monoisotopic (exact) mass is 444 g/mol. The lowest BCUT2D eigenvalue weighted by Crippen LogP contribution is -2.56. The molecule has 8 heteroatoms. The molecule has 31 heavy (non-hydrogen) atoms. The van der Waals surface area contributed by atoms with Crippen molar-refractivity contribution >= 4 is 23.2 Å². The topological polar surface area (TPSA) is 109 Å². The number of nitrogens with zero attached hydrogens (tertiary/aromatic N) is 2. The molecule has 1 fully saturated rings. The lowest BCUT2D eigenvalue weighted by molar-refractivity contribution is -0.148. The minimum absolute atomic E-state index is 0.245. The molecular weight excluding hydrogens is 412 g/mol. The van der Waals surface area contributed by atoms with Gasteiger partial charge < -0.3 is 16.2 Å². The molecule has 4 N–H and O–H groups in total. The third-order valence-electron chi connectivity index (χ3n) is 5.72. The van der Waals surface area contributed by atoms with E-state index in [4.69, 9.17) is 5.73 Å². The van der Waals surface area contributed by atoms with Gasteiger partial charge in [0.25, 0.3) is 0 Å². The number of thiazole rings is 1. The van der Waals surface area contributed by atoms with Gasteiger partial charge in [0.05, 0.1) is 34.3 Å². The van der Waals surface area contributed by atoms with Gasteiger partial charge in [0.1, 0.15) is 0 Å². The van der Waals surface area contributed by atoms with Crippen LogP contribution in [-0.2, 0) is 16.0 Å². The summed E-state index contributed by atoms with van der Waals surface area (Å²) in [4.78, 5) is 32.9. The van der Waals surface area contributed by atoms with E-state index >= 15 is 0 Å². The van der Waals surface area contributed by atoms with Gasteiger partial charge in [0.2, 0.25) is 11.8 Å². The zero-order chi connectivity index (χ0) is 22.8. The normalized spacial score (nSPS) is 19.9. The van der Waals surface area contributed by atoms with Gasteiger partial charge in [-0.1, -0.05) is 45.0 Å². The molecule has 1 saturated heterocycles. The van der Waals surface area contributed by atoms with Gasteiger partial charge in [0, 0.05) is 13.1 Å². The average Bonchev–Trinajstić information content (AvgIpc) is 3.35. The van der Waals surface area contributed by atoms with Crippen LogP contribution in [0.5, 0.6) is 0 Å². The van der Waals surface area contributed by atoms with Gasteiger partial charge in [-0.2, -0.15) is 0 Å². The summed E-state index contributed by atoms with van der Waals surface area (Å²) in [5.41, 5.74) is 10.7. The van der Waals surface area contributed by atoms with E-state index in [2.05, 4.69) is 10.3 Å². The van der Waals surface area contributed by atoms with Crippen LogP contribution >= 0.6 is 11.3 Å². The van der Waals surface area contributed by atoms with Crippen molar-refractivity contribution in [3.63, 3.8) is 0 Å². The van der Waals surface area contributed by atoms with Gasteiger partial charge in [0.15, 0.2) is 0 Å². The number of nitrogens with one attached hydrogen (secondary N) is 1. The number of imide groups is 1. The molecule has 1 aromatic carbocycles. The zero-order valence-corrected chi connectivity index (χ0v) is 19.4. The third-order valence-corrected chi connectivity index (χ3v) is 6.70. The molecule has 0 bridgehead atoms. The lowest BCUT2D eigenvalue weighted by atomic mass is 9.86. The number of hydrogen-bond acceptors (Lipinski definition) is 7. The molecule has 3 atom stereocenters. The number of nitrogens with two attached hydrogens (primary N) is 1. The molecule has 2 aromatic rings. The fourth-order valence-electron chi connectivity index (χ4n) is 3.60. The maximum atomic E-state index is 13.1. The van der Waals surface area contributed by atoms with Crippen molar-refractivity contribution in [2.24, 2.45) is 11.1 Å². The molecule has 0 spiro atoms. The predicted octanol–water partition coefficient (Wildman–Crippen LogP) is 2.11. The van der Waals surface area contributed by atoms with Crippen LogP contribution < -0.4 is 11.1 Å². The van der Waals surface area contributed by atoms with Crippen LogP contribution in [-0.4, -0.2) is 58.1 Å². The summed E-state index contributed by atoms with van der Waals surface area (Å²) in [6.07, 6.45) is 0.256. The van der Waals surface area contributed by atoms with E-state index in [-0.39, 0.29) is 18.4 Å². The maximum Gasteiger partial charge on any atom is 0.246 e. The van der Waals surface area contributed by atoms with Crippen molar-refractivity contribution in [1.29, 1.82) is 0 Å². The Kier molecular flexibility index (Phi) is 7.26. The number of aryl methyl sites for hydroxylation is 1. The molecule has 0 saturated carbocycles. The second-order valence-corrected chi connectivity index (χ2v) is 10.1. The van der Waals surface area contributed by atoms with Gasteiger partial charge in [-0.05, 0) is 36.3 Å². The minimum Gasteiger partial charge on any atom is -0.392 e. The Balaban J connectivity index is 1.74. The quantitative estimate of drug-likeness (QED) is 0.630. The molecule has 0 unspecified atom stereocenters. The first kappa shape index (κ1) is 23.5. The molecular formula is C23H32N4O3S. The molecule has 1 aliphatic heterocycles. The van der Waals surface area contributed by atoms with Crippen molar-refractivity contribution in [1.82, 2.24) is 15.2 Å². The number of rotatable bonds is 6. The van der Waals surface area contributed by atoms with E-state index in [1.807, 2.05) is 57.5 Å². The van der Waals surface area contributed by atoms with Gasteiger partial charge >= 0.3 is 0 Å². The van der Waals surface area contributed by atoms with E-state index in [0.717, 1.165) is 21.7 Å².